The molecule has 0 saturated carbocycles. The average molecular weight is 302 g/mol. The summed E-state index contributed by atoms with van der Waals surface area (Å²) in [5, 5.41) is 25.2. The monoisotopic (exact) mass is 302 g/mol. The molecular weight excluding hydrogens is 280 g/mol. The van der Waals surface area contributed by atoms with Gasteiger partial charge in [-0.1, -0.05) is 13.0 Å². The smallest absolute Gasteiger partial charge is 0.243 e. The molecule has 0 saturated heterocycles. The van der Waals surface area contributed by atoms with Gasteiger partial charge in [0.15, 0.2) is 0 Å². The zero-order valence-electron chi connectivity index (χ0n) is 12.5. The molecule has 0 fully saturated rings. The predicted molar refractivity (Wildman–Crippen MR) is 90.1 cm³/mol. The fourth-order valence-electron chi connectivity index (χ4n) is 2.00. The second-order valence-corrected chi connectivity index (χ2v) is 5.19. The SMILES string of the molecule is CCC(O)(O)Nc1cccc(NCc2cc(N)ccc2N)c1. The van der Waals surface area contributed by atoms with E-state index in [4.69, 9.17) is 11.5 Å². The number of nitrogens with two attached hydrogens (primary N) is 2. The first-order chi connectivity index (χ1) is 10.4. The second kappa shape index (κ2) is 6.55. The lowest BCUT2D eigenvalue weighted by atomic mass is 10.1. The van der Waals surface area contributed by atoms with E-state index in [2.05, 4.69) is 10.6 Å². The third-order valence-corrected chi connectivity index (χ3v) is 3.35. The van der Waals surface area contributed by atoms with Gasteiger partial charge in [0, 0.05) is 35.7 Å². The van der Waals surface area contributed by atoms with Crippen LogP contribution in [0.1, 0.15) is 18.9 Å². The van der Waals surface area contributed by atoms with Gasteiger partial charge in [-0.3, -0.25) is 0 Å². The van der Waals surface area contributed by atoms with Crippen LogP contribution in [0.25, 0.3) is 0 Å². The summed E-state index contributed by atoms with van der Waals surface area (Å²) in [7, 11) is 0. The number of anilines is 4. The fourth-order valence-corrected chi connectivity index (χ4v) is 2.00. The van der Waals surface area contributed by atoms with Crippen molar-refractivity contribution in [1.29, 1.82) is 0 Å². The molecule has 0 bridgehead atoms. The summed E-state index contributed by atoms with van der Waals surface area (Å²) >= 11 is 0. The van der Waals surface area contributed by atoms with Crippen LogP contribution in [0.4, 0.5) is 22.7 Å². The molecule has 6 heteroatoms. The molecule has 6 nitrogen and oxygen atoms in total. The Balaban J connectivity index is 2.06. The standard InChI is InChI=1S/C16H22N4O2/c1-2-16(21,22)20-14-5-3-4-13(9-14)19-10-11-8-12(17)6-7-15(11)18/h3-9,19-22H,2,10,17-18H2,1H3. The minimum Gasteiger partial charge on any atom is -0.399 e. The highest BCUT2D eigenvalue weighted by molar-refractivity contribution is 5.60. The van der Waals surface area contributed by atoms with Crippen LogP contribution in [0, 0.1) is 0 Å². The van der Waals surface area contributed by atoms with E-state index in [9.17, 15) is 10.2 Å². The zero-order chi connectivity index (χ0) is 16.2. The maximum Gasteiger partial charge on any atom is 0.243 e. The molecule has 118 valence electrons. The maximum atomic E-state index is 9.64. The molecule has 0 unspecified atom stereocenters. The van der Waals surface area contributed by atoms with E-state index in [0.29, 0.717) is 23.6 Å². The average Bonchev–Trinajstić information content (AvgIpc) is 2.48. The molecule has 0 amide bonds. The minimum absolute atomic E-state index is 0.171. The van der Waals surface area contributed by atoms with Crippen LogP contribution in [0.2, 0.25) is 0 Å². The highest BCUT2D eigenvalue weighted by Crippen LogP contribution is 2.21. The first-order valence-corrected chi connectivity index (χ1v) is 7.10. The van der Waals surface area contributed by atoms with Crippen molar-refractivity contribution in [3.8, 4) is 0 Å². The van der Waals surface area contributed by atoms with Gasteiger partial charge in [-0.2, -0.15) is 0 Å². The van der Waals surface area contributed by atoms with Crippen molar-refractivity contribution in [2.24, 2.45) is 0 Å². The van der Waals surface area contributed by atoms with Crippen LogP contribution in [-0.4, -0.2) is 16.1 Å². The number of aliphatic hydroxyl groups is 2. The van der Waals surface area contributed by atoms with Crippen LogP contribution in [0.15, 0.2) is 42.5 Å². The quantitative estimate of drug-likeness (QED) is 0.359. The molecule has 2 aromatic rings. The third kappa shape index (κ3) is 4.28. The molecule has 0 aliphatic rings. The fraction of sp³-hybridized carbons (Fsp3) is 0.250. The Labute approximate surface area is 129 Å². The van der Waals surface area contributed by atoms with E-state index >= 15 is 0 Å². The Hall–Kier alpha value is -2.44. The molecule has 0 aromatic heterocycles. The molecule has 0 aliphatic carbocycles. The largest absolute Gasteiger partial charge is 0.399 e. The highest BCUT2D eigenvalue weighted by Gasteiger charge is 2.19. The zero-order valence-corrected chi connectivity index (χ0v) is 12.5. The number of benzene rings is 2. The Morgan fingerprint density at radius 3 is 2.50 bits per heavy atom. The lowest BCUT2D eigenvalue weighted by molar-refractivity contribution is -0.137. The Morgan fingerprint density at radius 1 is 1.05 bits per heavy atom. The van der Waals surface area contributed by atoms with E-state index in [0.717, 1.165) is 11.3 Å². The van der Waals surface area contributed by atoms with Crippen LogP contribution >= 0.6 is 0 Å². The lowest BCUT2D eigenvalue weighted by Crippen LogP contribution is -2.36. The summed E-state index contributed by atoms with van der Waals surface area (Å²) < 4.78 is 0. The van der Waals surface area contributed by atoms with E-state index < -0.39 is 5.91 Å². The summed E-state index contributed by atoms with van der Waals surface area (Å²) in [6, 6.07) is 12.6. The van der Waals surface area contributed by atoms with Gasteiger partial charge in [0.2, 0.25) is 5.91 Å². The molecular formula is C16H22N4O2. The van der Waals surface area contributed by atoms with Crippen molar-refractivity contribution in [3.05, 3.63) is 48.0 Å². The van der Waals surface area contributed by atoms with Crippen molar-refractivity contribution < 1.29 is 10.2 Å². The van der Waals surface area contributed by atoms with Crippen LogP contribution < -0.4 is 22.1 Å². The normalized spacial score (nSPS) is 11.2. The van der Waals surface area contributed by atoms with Crippen molar-refractivity contribution >= 4 is 22.7 Å². The van der Waals surface area contributed by atoms with Crippen LogP contribution in [-0.2, 0) is 6.54 Å². The number of hydrogen-bond acceptors (Lipinski definition) is 6. The maximum absolute atomic E-state index is 9.64. The molecule has 0 atom stereocenters. The second-order valence-electron chi connectivity index (χ2n) is 5.19. The summed E-state index contributed by atoms with van der Waals surface area (Å²) in [5.74, 6) is -1.92. The van der Waals surface area contributed by atoms with Crippen LogP contribution in [0.3, 0.4) is 0 Å². The van der Waals surface area contributed by atoms with Crippen molar-refractivity contribution in [2.75, 3.05) is 22.1 Å². The number of hydrogen-bond donors (Lipinski definition) is 6. The number of nitrogens with one attached hydrogen (secondary N) is 2. The van der Waals surface area contributed by atoms with Gasteiger partial charge in [0.25, 0.3) is 0 Å². The Kier molecular flexibility index (Phi) is 4.75. The van der Waals surface area contributed by atoms with Crippen molar-refractivity contribution in [3.63, 3.8) is 0 Å². The first kappa shape index (κ1) is 15.9. The summed E-state index contributed by atoms with van der Waals surface area (Å²) in [6.07, 6.45) is 0.171. The lowest BCUT2D eigenvalue weighted by Gasteiger charge is -2.22. The molecule has 2 aromatic carbocycles. The van der Waals surface area contributed by atoms with Gasteiger partial charge < -0.3 is 32.3 Å². The highest BCUT2D eigenvalue weighted by atomic mass is 16.5. The van der Waals surface area contributed by atoms with E-state index in [1.807, 2.05) is 18.2 Å². The molecule has 22 heavy (non-hydrogen) atoms. The van der Waals surface area contributed by atoms with Gasteiger partial charge in [0.1, 0.15) is 0 Å². The Morgan fingerprint density at radius 2 is 1.77 bits per heavy atom. The molecule has 8 N–H and O–H groups in total. The number of rotatable bonds is 6. The Bertz CT molecular complexity index is 644. The van der Waals surface area contributed by atoms with Gasteiger partial charge >= 0.3 is 0 Å². The van der Waals surface area contributed by atoms with Crippen LogP contribution in [0.5, 0.6) is 0 Å². The van der Waals surface area contributed by atoms with Gasteiger partial charge in [-0.25, -0.2) is 0 Å². The van der Waals surface area contributed by atoms with Crippen molar-refractivity contribution in [2.45, 2.75) is 25.8 Å². The van der Waals surface area contributed by atoms with Gasteiger partial charge in [-0.15, -0.1) is 0 Å². The molecule has 0 spiro atoms. The molecule has 0 heterocycles. The molecule has 0 radical (unpaired) electrons. The van der Waals surface area contributed by atoms with Gasteiger partial charge in [-0.05, 0) is 42.0 Å². The van der Waals surface area contributed by atoms with Gasteiger partial charge in [0.05, 0.1) is 0 Å². The predicted octanol–water partition coefficient (Wildman–Crippen LogP) is 1.92. The summed E-state index contributed by atoms with van der Waals surface area (Å²) in [5.41, 5.74) is 15.4. The third-order valence-electron chi connectivity index (χ3n) is 3.35. The van der Waals surface area contributed by atoms with Crippen molar-refractivity contribution in [1.82, 2.24) is 0 Å². The first-order valence-electron chi connectivity index (χ1n) is 7.10. The molecule has 0 aliphatic heterocycles. The summed E-state index contributed by atoms with van der Waals surface area (Å²) in [4.78, 5) is 0. The summed E-state index contributed by atoms with van der Waals surface area (Å²) in [6.45, 7) is 2.20. The molecule has 2 rings (SSSR count). The van der Waals surface area contributed by atoms with E-state index in [1.165, 1.54) is 0 Å². The topological polar surface area (TPSA) is 117 Å². The number of nitrogen functional groups attached to an aromatic ring is 2. The minimum atomic E-state index is -1.92. The van der Waals surface area contributed by atoms with E-state index in [-0.39, 0.29) is 6.42 Å². The van der Waals surface area contributed by atoms with E-state index in [1.54, 1.807) is 31.2 Å².